The normalized spacial score (nSPS) is 17.0. The van der Waals surface area contributed by atoms with E-state index in [9.17, 15) is 14.4 Å². The average Bonchev–Trinajstić information content (AvgIpc) is 3.39. The van der Waals surface area contributed by atoms with Crippen LogP contribution in [0.15, 0.2) is 91.4 Å². The molecular weight excluding hydrogens is 492 g/mol. The van der Waals surface area contributed by atoms with Crippen molar-refractivity contribution >= 4 is 17.8 Å². The lowest BCUT2D eigenvalue weighted by Gasteiger charge is -2.29. The summed E-state index contributed by atoms with van der Waals surface area (Å²) < 4.78 is 7.88. The maximum Gasteiger partial charge on any atom is 0.343 e. The first-order valence-electron chi connectivity index (χ1n) is 12.9. The molecule has 1 fully saturated rings. The predicted molar refractivity (Wildman–Crippen MR) is 142 cm³/mol. The first kappa shape index (κ1) is 24.6. The van der Waals surface area contributed by atoms with Crippen molar-refractivity contribution in [3.05, 3.63) is 114 Å². The Morgan fingerprint density at radius 2 is 1.79 bits per heavy atom. The fourth-order valence-electron chi connectivity index (χ4n) is 5.15. The topological polar surface area (TPSA) is 92.5 Å². The Labute approximate surface area is 225 Å². The lowest BCUT2D eigenvalue weighted by molar-refractivity contribution is -0.688. The average molecular weight is 520 g/mol. The van der Waals surface area contributed by atoms with Gasteiger partial charge in [0.1, 0.15) is 5.75 Å². The first-order chi connectivity index (χ1) is 19.0. The molecule has 0 aliphatic carbocycles. The van der Waals surface area contributed by atoms with Gasteiger partial charge in [0.2, 0.25) is 11.8 Å². The van der Waals surface area contributed by atoms with Crippen LogP contribution in [0, 0.1) is 0 Å². The van der Waals surface area contributed by atoms with Gasteiger partial charge in [-0.25, -0.2) is 9.36 Å². The summed E-state index contributed by atoms with van der Waals surface area (Å²) in [6.45, 7) is 1.72. The van der Waals surface area contributed by atoms with Crippen molar-refractivity contribution in [3.63, 3.8) is 0 Å². The van der Waals surface area contributed by atoms with E-state index in [1.54, 1.807) is 24.4 Å². The summed E-state index contributed by atoms with van der Waals surface area (Å²) >= 11 is 0. The van der Waals surface area contributed by atoms with Gasteiger partial charge >= 0.3 is 5.97 Å². The third-order valence-electron chi connectivity index (χ3n) is 7.22. The number of imide groups is 1. The Kier molecular flexibility index (Phi) is 6.69. The van der Waals surface area contributed by atoms with Gasteiger partial charge in [-0.3, -0.25) is 24.8 Å². The van der Waals surface area contributed by atoms with Crippen LogP contribution in [0.1, 0.15) is 39.9 Å². The lowest BCUT2D eigenvalue weighted by atomic mass is 10.0. The number of amides is 2. The van der Waals surface area contributed by atoms with Gasteiger partial charge in [-0.15, -0.1) is 0 Å². The van der Waals surface area contributed by atoms with Crippen LogP contribution in [0.25, 0.3) is 11.3 Å². The molecule has 4 heterocycles. The molecule has 0 radical (unpaired) electrons. The van der Waals surface area contributed by atoms with E-state index in [2.05, 4.69) is 14.9 Å². The second-order valence-electron chi connectivity index (χ2n) is 9.83. The molecule has 4 aromatic rings. The fourth-order valence-corrected chi connectivity index (χ4v) is 5.15. The molecule has 1 atom stereocenters. The van der Waals surface area contributed by atoms with Crippen LogP contribution >= 0.6 is 0 Å². The van der Waals surface area contributed by atoms with E-state index in [1.165, 1.54) is 0 Å². The summed E-state index contributed by atoms with van der Waals surface area (Å²) in [5, 5.41) is 2.42. The van der Waals surface area contributed by atoms with Crippen LogP contribution in [0.4, 0.5) is 0 Å². The van der Waals surface area contributed by atoms with Crippen LogP contribution in [-0.2, 0) is 29.2 Å². The van der Waals surface area contributed by atoms with Crippen molar-refractivity contribution in [1.29, 1.82) is 0 Å². The molecule has 2 amide bonds. The van der Waals surface area contributed by atoms with Crippen LogP contribution in [0.5, 0.6) is 5.75 Å². The van der Waals surface area contributed by atoms with E-state index in [4.69, 9.17) is 4.74 Å². The number of carbonyl (C=O) groups excluding carboxylic acids is 3. The monoisotopic (exact) mass is 519 g/mol. The van der Waals surface area contributed by atoms with E-state index < -0.39 is 5.97 Å². The van der Waals surface area contributed by atoms with Crippen molar-refractivity contribution in [1.82, 2.24) is 15.2 Å². The third-order valence-corrected chi connectivity index (χ3v) is 7.22. The summed E-state index contributed by atoms with van der Waals surface area (Å²) in [7, 11) is 0. The zero-order valence-corrected chi connectivity index (χ0v) is 21.2. The number of nitrogens with one attached hydrogen (secondary N) is 1. The third kappa shape index (κ3) is 5.32. The van der Waals surface area contributed by atoms with Crippen LogP contribution in [-0.4, -0.2) is 33.7 Å². The molecule has 39 heavy (non-hydrogen) atoms. The Morgan fingerprint density at radius 3 is 2.54 bits per heavy atom. The molecule has 6 rings (SSSR count). The van der Waals surface area contributed by atoms with Gasteiger partial charge in [0.05, 0.1) is 17.3 Å². The van der Waals surface area contributed by atoms with Gasteiger partial charge in [-0.2, -0.15) is 0 Å². The molecule has 194 valence electrons. The Bertz CT molecular complexity index is 1540. The Balaban J connectivity index is 1.09. The molecule has 1 unspecified atom stereocenters. The number of pyridine rings is 2. The van der Waals surface area contributed by atoms with Gasteiger partial charge in [0.25, 0.3) is 0 Å². The number of carbonyl (C=O) groups is 3. The molecule has 2 aromatic heterocycles. The maximum atomic E-state index is 13.0. The highest BCUT2D eigenvalue weighted by Crippen LogP contribution is 2.34. The molecule has 0 bridgehead atoms. The zero-order valence-electron chi connectivity index (χ0n) is 21.2. The highest BCUT2D eigenvalue weighted by atomic mass is 16.5. The number of ether oxygens (including phenoxy) is 1. The number of hydrogen-bond acceptors (Lipinski definition) is 6. The summed E-state index contributed by atoms with van der Waals surface area (Å²) in [6, 6.07) is 22.6. The minimum Gasteiger partial charge on any atom is -0.423 e. The van der Waals surface area contributed by atoms with Crippen molar-refractivity contribution < 1.29 is 23.7 Å². The van der Waals surface area contributed by atoms with Gasteiger partial charge in [0, 0.05) is 54.5 Å². The molecule has 2 aliphatic heterocycles. The van der Waals surface area contributed by atoms with Gasteiger partial charge in [0.15, 0.2) is 18.9 Å². The number of rotatable bonds is 6. The lowest BCUT2D eigenvalue weighted by Crippen LogP contribution is -2.50. The largest absolute Gasteiger partial charge is 0.423 e. The van der Waals surface area contributed by atoms with Crippen LogP contribution in [0.3, 0.4) is 0 Å². The summed E-state index contributed by atoms with van der Waals surface area (Å²) in [4.78, 5) is 43.3. The molecule has 0 saturated carbocycles. The first-order valence-corrected chi connectivity index (χ1v) is 12.9. The summed E-state index contributed by atoms with van der Waals surface area (Å²) in [6.07, 6.45) is 6.63. The fraction of sp³-hybridized carbons (Fsp3) is 0.194. The molecule has 0 spiro atoms. The predicted octanol–water partition coefficient (Wildman–Crippen LogP) is 3.42. The van der Waals surface area contributed by atoms with E-state index in [0.29, 0.717) is 43.8 Å². The Morgan fingerprint density at radius 1 is 0.974 bits per heavy atom. The number of hydrogen-bond donors (Lipinski definition) is 1. The molecule has 2 aromatic carbocycles. The minimum absolute atomic E-state index is 0.231. The highest BCUT2D eigenvalue weighted by Gasteiger charge is 2.35. The SMILES string of the molecule is O=C1CCC(N2Cc3cccc(OC(=O)c4ccc(C[n+]5ccc(-c6ccccn6)cc5)cc4)c3C2)C(=O)N1. The number of aromatic nitrogens is 2. The number of fused-ring (bicyclic) bond motifs is 1. The van der Waals surface area contributed by atoms with E-state index in [-0.39, 0.29) is 17.9 Å². The van der Waals surface area contributed by atoms with Crippen molar-refractivity contribution in [2.75, 3.05) is 0 Å². The molecule has 1 N–H and O–H groups in total. The number of piperidine rings is 1. The van der Waals surface area contributed by atoms with Crippen molar-refractivity contribution in [2.45, 2.75) is 38.5 Å². The van der Waals surface area contributed by atoms with E-state index in [0.717, 1.165) is 27.9 Å². The van der Waals surface area contributed by atoms with E-state index >= 15 is 0 Å². The van der Waals surface area contributed by atoms with Gasteiger partial charge in [-0.05, 0) is 42.3 Å². The smallest absolute Gasteiger partial charge is 0.343 e. The highest BCUT2D eigenvalue weighted by molar-refractivity contribution is 6.00. The van der Waals surface area contributed by atoms with Gasteiger partial charge < -0.3 is 4.74 Å². The molecular formula is C31H27N4O4+. The summed E-state index contributed by atoms with van der Waals surface area (Å²) in [5.74, 6) is -0.424. The zero-order chi connectivity index (χ0) is 26.8. The van der Waals surface area contributed by atoms with Crippen molar-refractivity contribution in [3.8, 4) is 17.0 Å². The molecule has 8 nitrogen and oxygen atoms in total. The van der Waals surface area contributed by atoms with Crippen LogP contribution in [0.2, 0.25) is 0 Å². The number of esters is 1. The number of nitrogens with zero attached hydrogens (tertiary/aromatic N) is 3. The Hall–Kier alpha value is -4.69. The molecule has 8 heteroatoms. The standard InChI is InChI=1S/C31H26N4O4/c36-29-12-11-27(30(37)33-29)35-19-24-4-3-6-28(25(24)20-35)39-31(38)23-9-7-21(8-10-23)18-34-16-13-22(14-17-34)26-5-1-2-15-32-26/h1-10,13-17,27H,11-12,18-20H2/p+1. The van der Waals surface area contributed by atoms with Gasteiger partial charge in [-0.1, -0.05) is 30.3 Å². The second kappa shape index (κ2) is 10.6. The number of benzene rings is 2. The quantitative estimate of drug-likeness (QED) is 0.182. The van der Waals surface area contributed by atoms with Crippen LogP contribution < -0.4 is 14.6 Å². The molecule has 2 aliphatic rings. The molecule has 1 saturated heterocycles. The maximum absolute atomic E-state index is 13.0. The summed E-state index contributed by atoms with van der Waals surface area (Å²) in [5.41, 5.74) is 5.43. The van der Waals surface area contributed by atoms with E-state index in [1.807, 2.05) is 71.9 Å². The second-order valence-corrected chi connectivity index (χ2v) is 9.83. The van der Waals surface area contributed by atoms with Crippen molar-refractivity contribution in [2.24, 2.45) is 0 Å². The minimum atomic E-state index is -0.429.